The maximum Gasteiger partial charge on any atom is 0.102 e. The second-order valence-corrected chi connectivity index (χ2v) is 3.17. The summed E-state index contributed by atoms with van der Waals surface area (Å²) in [4.78, 5) is 0. The van der Waals surface area contributed by atoms with Crippen molar-refractivity contribution < 1.29 is 9.84 Å². The number of nitrogens with one attached hydrogen (secondary N) is 1. The highest BCUT2D eigenvalue weighted by Crippen LogP contribution is 1.99. The lowest BCUT2D eigenvalue weighted by atomic mass is 10.2. The quantitative estimate of drug-likeness (QED) is 0.528. The molecule has 0 saturated heterocycles. The lowest BCUT2D eigenvalue weighted by Gasteiger charge is -2.07. The zero-order valence-corrected chi connectivity index (χ0v) is 8.44. The molecule has 0 spiro atoms. The van der Waals surface area contributed by atoms with Gasteiger partial charge >= 0.3 is 0 Å². The Labute approximate surface area is 84.7 Å². The van der Waals surface area contributed by atoms with Gasteiger partial charge in [0.05, 0.1) is 13.2 Å². The molecule has 0 fully saturated rings. The van der Waals surface area contributed by atoms with E-state index in [1.54, 1.807) is 6.92 Å². The van der Waals surface area contributed by atoms with Crippen LogP contribution in [0.4, 0.5) is 0 Å². The number of benzene rings is 1. The third kappa shape index (κ3) is 4.97. The van der Waals surface area contributed by atoms with Crippen LogP contribution in [0.3, 0.4) is 0 Å². The molecule has 3 heteroatoms. The lowest BCUT2D eigenvalue weighted by Crippen LogP contribution is -2.28. The molecule has 0 aliphatic heterocycles. The molecule has 78 valence electrons. The van der Waals surface area contributed by atoms with Crippen molar-refractivity contribution in [1.29, 1.82) is 0 Å². The summed E-state index contributed by atoms with van der Waals surface area (Å²) in [6.07, 6.45) is -0.463. The monoisotopic (exact) mass is 195 g/mol. The Morgan fingerprint density at radius 3 is 2.71 bits per heavy atom. The van der Waals surface area contributed by atoms with E-state index in [2.05, 4.69) is 5.32 Å². The summed E-state index contributed by atoms with van der Waals surface area (Å²) in [5.41, 5.74) is 1.17. The highest BCUT2D eigenvalue weighted by molar-refractivity contribution is 5.13. The van der Waals surface area contributed by atoms with Crippen LogP contribution in [-0.2, 0) is 11.3 Å². The minimum Gasteiger partial charge on any atom is -0.379 e. The standard InChI is InChI=1S/C11H17NO2/c1-10(13)12-7-8-14-9-11-5-3-2-4-6-11/h2-6,10,12-13H,7-9H2,1H3. The van der Waals surface area contributed by atoms with Crippen molar-refractivity contribution in [2.24, 2.45) is 0 Å². The van der Waals surface area contributed by atoms with Gasteiger partial charge in [-0.05, 0) is 12.5 Å². The zero-order valence-electron chi connectivity index (χ0n) is 8.44. The minimum atomic E-state index is -0.463. The van der Waals surface area contributed by atoms with Crippen LogP contribution in [-0.4, -0.2) is 24.5 Å². The van der Waals surface area contributed by atoms with E-state index in [1.165, 1.54) is 5.56 Å². The Morgan fingerprint density at radius 1 is 1.36 bits per heavy atom. The average Bonchev–Trinajstić information content (AvgIpc) is 2.18. The second-order valence-electron chi connectivity index (χ2n) is 3.17. The summed E-state index contributed by atoms with van der Waals surface area (Å²) < 4.78 is 5.40. The predicted octanol–water partition coefficient (Wildman–Crippen LogP) is 1.13. The molecular weight excluding hydrogens is 178 g/mol. The maximum absolute atomic E-state index is 8.90. The highest BCUT2D eigenvalue weighted by Gasteiger charge is 1.93. The third-order valence-electron chi connectivity index (χ3n) is 1.80. The number of hydrogen-bond acceptors (Lipinski definition) is 3. The van der Waals surface area contributed by atoms with E-state index in [1.807, 2.05) is 30.3 Å². The molecule has 3 nitrogen and oxygen atoms in total. The van der Waals surface area contributed by atoms with Gasteiger partial charge in [0, 0.05) is 6.54 Å². The van der Waals surface area contributed by atoms with Crippen LogP contribution < -0.4 is 5.32 Å². The fraction of sp³-hybridized carbons (Fsp3) is 0.455. The molecule has 0 saturated carbocycles. The predicted molar refractivity (Wildman–Crippen MR) is 55.8 cm³/mol. The molecule has 1 rings (SSSR count). The van der Waals surface area contributed by atoms with E-state index in [-0.39, 0.29) is 0 Å². The fourth-order valence-corrected chi connectivity index (χ4v) is 1.10. The van der Waals surface area contributed by atoms with Crippen molar-refractivity contribution in [3.8, 4) is 0 Å². The van der Waals surface area contributed by atoms with Gasteiger partial charge < -0.3 is 9.84 Å². The third-order valence-corrected chi connectivity index (χ3v) is 1.80. The van der Waals surface area contributed by atoms with Gasteiger partial charge in [0.25, 0.3) is 0 Å². The van der Waals surface area contributed by atoms with Crippen LogP contribution in [0.25, 0.3) is 0 Å². The zero-order chi connectivity index (χ0) is 10.2. The first-order chi connectivity index (χ1) is 6.79. The number of rotatable bonds is 6. The molecule has 1 aromatic rings. The van der Waals surface area contributed by atoms with Gasteiger partial charge in [0.1, 0.15) is 6.23 Å². The topological polar surface area (TPSA) is 41.5 Å². The summed E-state index contributed by atoms with van der Waals surface area (Å²) in [6, 6.07) is 10.0. The summed E-state index contributed by atoms with van der Waals surface area (Å²) in [6.45, 7) is 3.60. The van der Waals surface area contributed by atoms with Crippen LogP contribution in [0.15, 0.2) is 30.3 Å². The SMILES string of the molecule is CC(O)NCCOCc1ccccc1. The van der Waals surface area contributed by atoms with Crippen LogP contribution in [0.5, 0.6) is 0 Å². The van der Waals surface area contributed by atoms with Crippen molar-refractivity contribution >= 4 is 0 Å². The van der Waals surface area contributed by atoms with E-state index >= 15 is 0 Å². The first kappa shape index (κ1) is 11.2. The molecule has 1 atom stereocenters. The number of hydrogen-bond donors (Lipinski definition) is 2. The van der Waals surface area contributed by atoms with Crippen molar-refractivity contribution in [2.45, 2.75) is 19.8 Å². The number of aliphatic hydroxyl groups is 1. The van der Waals surface area contributed by atoms with Crippen LogP contribution in [0, 0.1) is 0 Å². The molecule has 0 heterocycles. The van der Waals surface area contributed by atoms with Gasteiger partial charge in [-0.25, -0.2) is 0 Å². The Kier molecular flexibility index (Phi) is 5.22. The van der Waals surface area contributed by atoms with Gasteiger partial charge in [-0.1, -0.05) is 30.3 Å². The Morgan fingerprint density at radius 2 is 2.07 bits per heavy atom. The van der Waals surface area contributed by atoms with Crippen molar-refractivity contribution in [3.63, 3.8) is 0 Å². The molecule has 0 amide bonds. The van der Waals surface area contributed by atoms with Crippen LogP contribution in [0.2, 0.25) is 0 Å². The van der Waals surface area contributed by atoms with Gasteiger partial charge in [-0.15, -0.1) is 0 Å². The maximum atomic E-state index is 8.90. The van der Waals surface area contributed by atoms with Gasteiger partial charge in [-0.3, -0.25) is 5.32 Å². The molecule has 0 bridgehead atoms. The highest BCUT2D eigenvalue weighted by atomic mass is 16.5. The average molecular weight is 195 g/mol. The molecule has 1 aromatic carbocycles. The van der Waals surface area contributed by atoms with Crippen molar-refractivity contribution in [1.82, 2.24) is 5.32 Å². The van der Waals surface area contributed by atoms with E-state index in [0.717, 1.165) is 0 Å². The molecule has 0 aliphatic rings. The second kappa shape index (κ2) is 6.54. The Balaban J connectivity index is 2.05. The Hall–Kier alpha value is -0.900. The van der Waals surface area contributed by atoms with Crippen molar-refractivity contribution in [3.05, 3.63) is 35.9 Å². The smallest absolute Gasteiger partial charge is 0.102 e. The van der Waals surface area contributed by atoms with Gasteiger partial charge in [0.15, 0.2) is 0 Å². The molecule has 14 heavy (non-hydrogen) atoms. The van der Waals surface area contributed by atoms with E-state index in [9.17, 15) is 0 Å². The molecule has 0 aliphatic carbocycles. The molecule has 1 unspecified atom stereocenters. The summed E-state index contributed by atoms with van der Waals surface area (Å²) in [7, 11) is 0. The van der Waals surface area contributed by atoms with E-state index < -0.39 is 6.23 Å². The lowest BCUT2D eigenvalue weighted by molar-refractivity contribution is 0.0985. The normalized spacial score (nSPS) is 12.7. The summed E-state index contributed by atoms with van der Waals surface area (Å²) >= 11 is 0. The van der Waals surface area contributed by atoms with Crippen molar-refractivity contribution in [2.75, 3.05) is 13.2 Å². The molecule has 0 aromatic heterocycles. The summed E-state index contributed by atoms with van der Waals surface area (Å²) in [5, 5.41) is 11.8. The van der Waals surface area contributed by atoms with Crippen LogP contribution in [0.1, 0.15) is 12.5 Å². The molecular formula is C11H17NO2. The van der Waals surface area contributed by atoms with E-state index in [4.69, 9.17) is 9.84 Å². The van der Waals surface area contributed by atoms with E-state index in [0.29, 0.717) is 19.8 Å². The molecule has 0 radical (unpaired) electrons. The number of ether oxygens (including phenoxy) is 1. The fourth-order valence-electron chi connectivity index (χ4n) is 1.10. The first-order valence-corrected chi connectivity index (χ1v) is 4.82. The molecule has 2 N–H and O–H groups in total. The number of aliphatic hydroxyl groups excluding tert-OH is 1. The Bertz CT molecular complexity index is 236. The van der Waals surface area contributed by atoms with Crippen LogP contribution >= 0.6 is 0 Å². The van der Waals surface area contributed by atoms with Gasteiger partial charge in [-0.2, -0.15) is 0 Å². The van der Waals surface area contributed by atoms with Gasteiger partial charge in [0.2, 0.25) is 0 Å². The largest absolute Gasteiger partial charge is 0.379 e. The first-order valence-electron chi connectivity index (χ1n) is 4.82. The summed E-state index contributed by atoms with van der Waals surface area (Å²) in [5.74, 6) is 0. The minimum absolute atomic E-state index is 0.463.